The number of pyridine rings is 1. The molecule has 1 aliphatic heterocycles. The normalized spacial score (nSPS) is 27.0. The number of piperidine rings is 1. The molecule has 1 aromatic rings. The number of nitrogens with two attached hydrogens (primary N) is 1. The van der Waals surface area contributed by atoms with Gasteiger partial charge in [-0.05, 0) is 74.3 Å². The second kappa shape index (κ2) is 13.5. The summed E-state index contributed by atoms with van der Waals surface area (Å²) in [6, 6.07) is 3.04. The number of urea groups is 1. The minimum Gasteiger partial charge on any atom is -0.363 e. The zero-order valence-electron chi connectivity index (χ0n) is 26.2. The minimum atomic E-state index is -1.06. The summed E-state index contributed by atoms with van der Waals surface area (Å²) < 4.78 is 0. The monoisotopic (exact) mass is 620 g/mol. The standard InChI is InChI=1S/C34H48N6O5/c35-30(42)29(41)26(17-21-12-13-21)37-31(43)28-25-18-23(25)20-40(28)32(44)27(22-9-3-1-4-10-22)38-33(45)39-34(14-6-2-7-15-34)19-24-11-5-8-16-36-24/h5,8,11,16,21-23,25-28H,1-4,6-7,9-10,12-15,17-20H2,(H2,35,42)(H,37,43)(H2,38,39,45)/t23-,25-,26?,27-,28-/m0/s1. The molecule has 5 amide bonds. The number of nitrogens with zero attached hydrogens (tertiary/aromatic N) is 2. The van der Waals surface area contributed by atoms with E-state index in [4.69, 9.17) is 5.73 Å². The van der Waals surface area contributed by atoms with Crippen molar-refractivity contribution in [1.29, 1.82) is 0 Å². The second-order valence-corrected chi connectivity index (χ2v) is 14.4. The van der Waals surface area contributed by atoms with Gasteiger partial charge < -0.3 is 26.6 Å². The number of amides is 5. The van der Waals surface area contributed by atoms with Crippen molar-refractivity contribution in [3.8, 4) is 0 Å². The van der Waals surface area contributed by atoms with E-state index in [9.17, 15) is 24.0 Å². The van der Waals surface area contributed by atoms with Gasteiger partial charge in [-0.3, -0.25) is 24.2 Å². The van der Waals surface area contributed by atoms with Crippen LogP contribution in [0.3, 0.4) is 0 Å². The number of aromatic nitrogens is 1. The van der Waals surface area contributed by atoms with Crippen molar-refractivity contribution in [2.45, 2.75) is 120 Å². The van der Waals surface area contributed by atoms with Gasteiger partial charge in [0.15, 0.2) is 0 Å². The third-order valence-corrected chi connectivity index (χ3v) is 11.0. The van der Waals surface area contributed by atoms with E-state index in [1.165, 1.54) is 0 Å². The predicted molar refractivity (Wildman–Crippen MR) is 166 cm³/mol. The quantitative estimate of drug-likeness (QED) is 0.263. The summed E-state index contributed by atoms with van der Waals surface area (Å²) in [5.74, 6) is -1.97. The van der Waals surface area contributed by atoms with Crippen LogP contribution in [0, 0.1) is 23.7 Å². The largest absolute Gasteiger partial charge is 0.363 e. The summed E-state index contributed by atoms with van der Waals surface area (Å²) >= 11 is 0. The van der Waals surface area contributed by atoms with Crippen molar-refractivity contribution < 1.29 is 24.0 Å². The Morgan fingerprint density at radius 2 is 1.69 bits per heavy atom. The molecule has 1 saturated heterocycles. The molecule has 4 saturated carbocycles. The molecule has 6 rings (SSSR count). The highest BCUT2D eigenvalue weighted by Gasteiger charge is 2.58. The first kappa shape index (κ1) is 31.5. The van der Waals surface area contributed by atoms with E-state index in [1.54, 1.807) is 11.1 Å². The fourth-order valence-corrected chi connectivity index (χ4v) is 8.24. The van der Waals surface area contributed by atoms with Crippen molar-refractivity contribution in [3.05, 3.63) is 30.1 Å². The van der Waals surface area contributed by atoms with E-state index in [0.717, 1.165) is 89.2 Å². The molecule has 0 radical (unpaired) electrons. The van der Waals surface area contributed by atoms with Crippen molar-refractivity contribution >= 4 is 29.5 Å². The number of hydrogen-bond acceptors (Lipinski definition) is 6. The van der Waals surface area contributed by atoms with Crippen molar-refractivity contribution in [1.82, 2.24) is 25.8 Å². The number of carbonyl (C=O) groups excluding carboxylic acids is 5. The van der Waals surface area contributed by atoms with Crippen LogP contribution in [0.5, 0.6) is 0 Å². The van der Waals surface area contributed by atoms with Crippen LogP contribution in [-0.2, 0) is 25.6 Å². The Balaban J connectivity index is 1.18. The van der Waals surface area contributed by atoms with E-state index in [2.05, 4.69) is 20.9 Å². The van der Waals surface area contributed by atoms with Gasteiger partial charge in [0.2, 0.25) is 17.6 Å². The Hall–Kier alpha value is -3.50. The van der Waals surface area contributed by atoms with Gasteiger partial charge in [-0.1, -0.05) is 57.4 Å². The van der Waals surface area contributed by atoms with Crippen LogP contribution in [0.4, 0.5) is 4.79 Å². The highest BCUT2D eigenvalue weighted by molar-refractivity contribution is 6.37. The van der Waals surface area contributed by atoms with E-state index in [0.29, 0.717) is 19.4 Å². The molecule has 244 valence electrons. The van der Waals surface area contributed by atoms with Crippen LogP contribution in [0.1, 0.15) is 95.6 Å². The lowest BCUT2D eigenvalue weighted by Gasteiger charge is -2.40. The average molecular weight is 621 g/mol. The summed E-state index contributed by atoms with van der Waals surface area (Å²) in [6.07, 6.45) is 15.2. The van der Waals surface area contributed by atoms with Crippen LogP contribution < -0.4 is 21.7 Å². The second-order valence-electron chi connectivity index (χ2n) is 14.4. The number of likely N-dealkylation sites (tertiary alicyclic amines) is 1. The van der Waals surface area contributed by atoms with Gasteiger partial charge in [-0.25, -0.2) is 4.79 Å². The smallest absolute Gasteiger partial charge is 0.315 e. The molecule has 45 heavy (non-hydrogen) atoms. The lowest BCUT2D eigenvalue weighted by molar-refractivity contribution is -0.144. The maximum Gasteiger partial charge on any atom is 0.315 e. The van der Waals surface area contributed by atoms with Gasteiger partial charge in [-0.2, -0.15) is 0 Å². The fraction of sp³-hybridized carbons (Fsp3) is 0.706. The number of fused-ring (bicyclic) bond motifs is 1. The van der Waals surface area contributed by atoms with Crippen LogP contribution in [0.15, 0.2) is 24.4 Å². The van der Waals surface area contributed by atoms with E-state index in [-0.39, 0.29) is 35.6 Å². The molecular weight excluding hydrogens is 572 g/mol. The molecule has 4 aliphatic carbocycles. The van der Waals surface area contributed by atoms with E-state index < -0.39 is 41.3 Å². The molecule has 0 aromatic carbocycles. The van der Waals surface area contributed by atoms with E-state index >= 15 is 0 Å². The first-order valence-electron chi connectivity index (χ1n) is 17.2. The molecular formula is C34H48N6O5. The maximum atomic E-state index is 14.4. The third-order valence-electron chi connectivity index (χ3n) is 11.0. The Morgan fingerprint density at radius 1 is 0.956 bits per heavy atom. The lowest BCUT2D eigenvalue weighted by atomic mass is 9.78. The predicted octanol–water partition coefficient (Wildman–Crippen LogP) is 2.76. The molecule has 5 fully saturated rings. The Labute approximate surface area is 265 Å². The lowest BCUT2D eigenvalue weighted by Crippen LogP contribution is -2.62. The highest BCUT2D eigenvalue weighted by Crippen LogP contribution is 2.50. The summed E-state index contributed by atoms with van der Waals surface area (Å²) in [6.45, 7) is 0.453. The van der Waals surface area contributed by atoms with Gasteiger partial charge in [0.1, 0.15) is 12.1 Å². The molecule has 5 aliphatic rings. The van der Waals surface area contributed by atoms with Gasteiger partial charge in [0.05, 0.1) is 6.04 Å². The third kappa shape index (κ3) is 7.49. The summed E-state index contributed by atoms with van der Waals surface area (Å²) in [5.41, 5.74) is 5.81. The number of ketones is 1. The van der Waals surface area contributed by atoms with Gasteiger partial charge in [0, 0.05) is 30.4 Å². The van der Waals surface area contributed by atoms with Gasteiger partial charge in [-0.15, -0.1) is 0 Å². The van der Waals surface area contributed by atoms with Crippen LogP contribution in [0.25, 0.3) is 0 Å². The van der Waals surface area contributed by atoms with Crippen LogP contribution >= 0.6 is 0 Å². The summed E-state index contributed by atoms with van der Waals surface area (Å²) in [7, 11) is 0. The Morgan fingerprint density at radius 3 is 2.36 bits per heavy atom. The first-order valence-corrected chi connectivity index (χ1v) is 17.2. The van der Waals surface area contributed by atoms with Crippen LogP contribution in [-0.4, -0.2) is 69.6 Å². The number of hydrogen-bond donors (Lipinski definition) is 4. The maximum absolute atomic E-state index is 14.4. The van der Waals surface area contributed by atoms with Crippen LogP contribution in [0.2, 0.25) is 0 Å². The SMILES string of the molecule is NC(=O)C(=O)C(CC1CC1)NC(=O)[C@@H]1[C@H]2C[C@H]2CN1C(=O)[C@@H](NC(=O)NC1(Cc2ccccn2)CCCCC1)C1CCCCC1. The topological polar surface area (TPSA) is 164 Å². The van der Waals surface area contributed by atoms with Crippen molar-refractivity contribution in [3.63, 3.8) is 0 Å². The number of primary amides is 1. The molecule has 0 spiro atoms. The Bertz CT molecular complexity index is 1270. The minimum absolute atomic E-state index is 0.0175. The molecule has 1 aromatic heterocycles. The number of rotatable bonds is 12. The number of nitrogens with one attached hydrogen (secondary N) is 3. The number of carbonyl (C=O) groups is 5. The number of Topliss-reactive ketones (excluding diaryl/α,β-unsaturated/α-hetero) is 1. The molecule has 11 heteroatoms. The average Bonchev–Trinajstić information content (AvgIpc) is 3.98. The molecule has 11 nitrogen and oxygen atoms in total. The zero-order valence-corrected chi connectivity index (χ0v) is 26.2. The molecule has 2 heterocycles. The molecule has 0 bridgehead atoms. The van der Waals surface area contributed by atoms with Gasteiger partial charge >= 0.3 is 6.03 Å². The fourth-order valence-electron chi connectivity index (χ4n) is 8.24. The van der Waals surface area contributed by atoms with Crippen molar-refractivity contribution in [2.75, 3.05) is 6.54 Å². The summed E-state index contributed by atoms with van der Waals surface area (Å²) in [4.78, 5) is 72.4. The first-order chi connectivity index (χ1) is 21.7. The highest BCUT2D eigenvalue weighted by atomic mass is 16.2. The molecule has 5 N–H and O–H groups in total. The molecule has 5 atom stereocenters. The van der Waals surface area contributed by atoms with E-state index in [1.807, 2.05) is 18.2 Å². The van der Waals surface area contributed by atoms with Crippen molar-refractivity contribution in [2.24, 2.45) is 29.4 Å². The van der Waals surface area contributed by atoms with Gasteiger partial charge in [0.25, 0.3) is 5.91 Å². The Kier molecular flexibility index (Phi) is 9.42. The zero-order chi connectivity index (χ0) is 31.6. The molecule has 1 unspecified atom stereocenters. The summed E-state index contributed by atoms with van der Waals surface area (Å²) in [5, 5.41) is 9.22.